The summed E-state index contributed by atoms with van der Waals surface area (Å²) in [6.07, 6.45) is -3.11. The van der Waals surface area contributed by atoms with Gasteiger partial charge in [0.05, 0.1) is 30.2 Å². The van der Waals surface area contributed by atoms with E-state index < -0.39 is 17.6 Å². The van der Waals surface area contributed by atoms with Crippen LogP contribution < -0.4 is 15.8 Å². The molecule has 0 spiro atoms. The Bertz CT molecular complexity index is 903. The Morgan fingerprint density at radius 3 is 2.48 bits per heavy atom. The Morgan fingerprint density at radius 1 is 1.15 bits per heavy atom. The number of nitrogens with zero attached hydrogens (tertiary/aromatic N) is 2. The highest BCUT2D eigenvalue weighted by Gasteiger charge is 2.32. The molecule has 144 valence electrons. The van der Waals surface area contributed by atoms with Crippen molar-refractivity contribution >= 4 is 17.3 Å². The van der Waals surface area contributed by atoms with Crippen molar-refractivity contribution in [3.05, 3.63) is 58.0 Å². The second-order valence-electron chi connectivity index (χ2n) is 6.15. The number of ether oxygens (including phenoxy) is 1. The number of benzene rings is 1. The highest BCUT2D eigenvalue weighted by Crippen LogP contribution is 2.36. The van der Waals surface area contributed by atoms with E-state index in [0.29, 0.717) is 32.0 Å². The molecule has 1 amide bonds. The molecule has 1 aliphatic rings. The first-order valence-electron chi connectivity index (χ1n) is 8.28. The average Bonchev–Trinajstić information content (AvgIpc) is 2.64. The molecule has 0 bridgehead atoms. The van der Waals surface area contributed by atoms with E-state index in [4.69, 9.17) is 4.74 Å². The molecule has 6 nitrogen and oxygen atoms in total. The standard InChI is InChI=1S/C18H18F3N3O3/c1-23-5-4-12(10-16(23)25)17(26)22-14-11-13(18(19,20)21)2-3-15(14)24-6-8-27-9-7-24/h2-5,10-11H,6-9H2,1H3,(H,22,26). The number of alkyl halides is 3. The van der Waals surface area contributed by atoms with Gasteiger partial charge in [-0.25, -0.2) is 0 Å². The molecule has 1 fully saturated rings. The van der Waals surface area contributed by atoms with Gasteiger partial charge in [-0.2, -0.15) is 13.2 Å². The van der Waals surface area contributed by atoms with Crippen LogP contribution in [-0.4, -0.2) is 36.8 Å². The third-order valence-electron chi connectivity index (χ3n) is 4.29. The number of amides is 1. The van der Waals surface area contributed by atoms with Gasteiger partial charge in [0.2, 0.25) is 0 Å². The van der Waals surface area contributed by atoms with Crippen molar-refractivity contribution < 1.29 is 22.7 Å². The molecule has 3 rings (SSSR count). The topological polar surface area (TPSA) is 63.6 Å². The van der Waals surface area contributed by atoms with Gasteiger partial charge in [0.25, 0.3) is 11.5 Å². The van der Waals surface area contributed by atoms with Crippen LogP contribution in [0.15, 0.2) is 41.3 Å². The van der Waals surface area contributed by atoms with Crippen molar-refractivity contribution in [3.8, 4) is 0 Å². The number of carbonyl (C=O) groups is 1. The van der Waals surface area contributed by atoms with E-state index >= 15 is 0 Å². The molecule has 0 atom stereocenters. The number of rotatable bonds is 3. The average molecular weight is 381 g/mol. The summed E-state index contributed by atoms with van der Waals surface area (Å²) in [5.41, 5.74) is -0.664. The zero-order chi connectivity index (χ0) is 19.6. The molecule has 1 aromatic carbocycles. The minimum Gasteiger partial charge on any atom is -0.378 e. The maximum absolute atomic E-state index is 13.1. The molecule has 2 aromatic rings. The first kappa shape index (κ1) is 19.0. The van der Waals surface area contributed by atoms with Crippen molar-refractivity contribution in [2.24, 2.45) is 7.05 Å². The summed E-state index contributed by atoms with van der Waals surface area (Å²) in [5, 5.41) is 2.51. The van der Waals surface area contributed by atoms with Crippen LogP contribution in [0.5, 0.6) is 0 Å². The fraction of sp³-hybridized carbons (Fsp3) is 0.333. The summed E-state index contributed by atoms with van der Waals surface area (Å²) in [4.78, 5) is 26.0. The number of nitrogens with one attached hydrogen (secondary N) is 1. The van der Waals surface area contributed by atoms with E-state index in [-0.39, 0.29) is 16.8 Å². The van der Waals surface area contributed by atoms with Crippen molar-refractivity contribution in [3.63, 3.8) is 0 Å². The van der Waals surface area contributed by atoms with Crippen LogP contribution in [0, 0.1) is 0 Å². The molecular weight excluding hydrogens is 363 g/mol. The summed E-state index contributed by atoms with van der Waals surface area (Å²) in [6.45, 7) is 1.90. The van der Waals surface area contributed by atoms with Crippen molar-refractivity contribution in [1.29, 1.82) is 0 Å². The second kappa shape index (κ2) is 7.43. The van der Waals surface area contributed by atoms with Crippen LogP contribution in [0.1, 0.15) is 15.9 Å². The zero-order valence-corrected chi connectivity index (χ0v) is 14.5. The van der Waals surface area contributed by atoms with Gasteiger partial charge in [0.15, 0.2) is 0 Å². The lowest BCUT2D eigenvalue weighted by atomic mass is 10.1. The number of halogens is 3. The van der Waals surface area contributed by atoms with E-state index in [9.17, 15) is 22.8 Å². The molecule has 27 heavy (non-hydrogen) atoms. The lowest BCUT2D eigenvalue weighted by molar-refractivity contribution is -0.137. The predicted molar refractivity (Wildman–Crippen MR) is 94.1 cm³/mol. The summed E-state index contributed by atoms with van der Waals surface area (Å²) in [5.74, 6) is -0.651. The smallest absolute Gasteiger partial charge is 0.378 e. The number of hydrogen-bond acceptors (Lipinski definition) is 4. The SMILES string of the molecule is Cn1ccc(C(=O)Nc2cc(C(F)(F)F)ccc2N2CCOCC2)cc1=O. The minimum atomic E-state index is -4.54. The van der Waals surface area contributed by atoms with E-state index in [1.54, 1.807) is 0 Å². The monoisotopic (exact) mass is 381 g/mol. The third-order valence-corrected chi connectivity index (χ3v) is 4.29. The summed E-state index contributed by atoms with van der Waals surface area (Å²) < 4.78 is 45.9. The van der Waals surface area contributed by atoms with Crippen molar-refractivity contribution in [2.45, 2.75) is 6.18 Å². The molecule has 1 N–H and O–H groups in total. The normalized spacial score (nSPS) is 14.9. The molecule has 2 heterocycles. The number of pyridine rings is 1. The van der Waals surface area contributed by atoms with Crippen LogP contribution in [0.3, 0.4) is 0 Å². The Kier molecular flexibility index (Phi) is 5.22. The molecule has 0 saturated carbocycles. The van der Waals surface area contributed by atoms with E-state index in [2.05, 4.69) is 5.32 Å². The number of morpholine rings is 1. The highest BCUT2D eigenvalue weighted by molar-refractivity contribution is 6.06. The number of aryl methyl sites for hydroxylation is 1. The largest absolute Gasteiger partial charge is 0.416 e. The first-order valence-corrected chi connectivity index (χ1v) is 8.28. The number of carbonyl (C=O) groups excluding carboxylic acids is 1. The van der Waals surface area contributed by atoms with E-state index in [1.807, 2.05) is 4.90 Å². The van der Waals surface area contributed by atoms with E-state index in [0.717, 1.165) is 18.2 Å². The van der Waals surface area contributed by atoms with Crippen LogP contribution in [0.2, 0.25) is 0 Å². The van der Waals surface area contributed by atoms with Gasteiger partial charge < -0.3 is 19.5 Å². The quantitative estimate of drug-likeness (QED) is 0.888. The van der Waals surface area contributed by atoms with Gasteiger partial charge >= 0.3 is 6.18 Å². The van der Waals surface area contributed by atoms with Gasteiger partial charge in [-0.15, -0.1) is 0 Å². The van der Waals surface area contributed by atoms with Crippen LogP contribution in [0.25, 0.3) is 0 Å². The Labute approximate surface area is 153 Å². The van der Waals surface area contributed by atoms with Crippen molar-refractivity contribution in [2.75, 3.05) is 36.5 Å². The number of aromatic nitrogens is 1. The summed E-state index contributed by atoms with van der Waals surface area (Å²) in [7, 11) is 1.54. The van der Waals surface area contributed by atoms with Crippen molar-refractivity contribution in [1.82, 2.24) is 4.57 Å². The van der Waals surface area contributed by atoms with Crippen LogP contribution in [-0.2, 0) is 18.0 Å². The van der Waals surface area contributed by atoms with Gasteiger partial charge in [-0.1, -0.05) is 0 Å². The Balaban J connectivity index is 1.96. The van der Waals surface area contributed by atoms with Crippen LogP contribution in [0.4, 0.5) is 24.5 Å². The molecular formula is C18H18F3N3O3. The second-order valence-corrected chi connectivity index (χ2v) is 6.15. The summed E-state index contributed by atoms with van der Waals surface area (Å²) in [6, 6.07) is 5.80. The molecule has 0 unspecified atom stereocenters. The molecule has 1 aliphatic heterocycles. The predicted octanol–water partition coefficient (Wildman–Crippen LogP) is 2.49. The minimum absolute atomic E-state index is 0.0393. The van der Waals surface area contributed by atoms with Gasteiger partial charge in [0, 0.05) is 38.0 Å². The maximum Gasteiger partial charge on any atom is 0.416 e. The fourth-order valence-corrected chi connectivity index (χ4v) is 2.78. The Hall–Kier alpha value is -2.81. The molecule has 1 saturated heterocycles. The third kappa shape index (κ3) is 4.30. The molecule has 0 aliphatic carbocycles. The summed E-state index contributed by atoms with van der Waals surface area (Å²) >= 11 is 0. The van der Waals surface area contributed by atoms with Crippen LogP contribution >= 0.6 is 0 Å². The molecule has 9 heteroatoms. The lowest BCUT2D eigenvalue weighted by Crippen LogP contribution is -2.37. The lowest BCUT2D eigenvalue weighted by Gasteiger charge is -2.31. The fourth-order valence-electron chi connectivity index (χ4n) is 2.78. The van der Waals surface area contributed by atoms with Gasteiger partial charge in [0.1, 0.15) is 0 Å². The zero-order valence-electron chi connectivity index (χ0n) is 14.5. The highest BCUT2D eigenvalue weighted by atomic mass is 19.4. The molecule has 0 radical (unpaired) electrons. The number of anilines is 2. The first-order chi connectivity index (χ1) is 12.8. The molecule has 1 aromatic heterocycles. The maximum atomic E-state index is 13.1. The van der Waals surface area contributed by atoms with Gasteiger partial charge in [-0.05, 0) is 24.3 Å². The van der Waals surface area contributed by atoms with Gasteiger partial charge in [-0.3, -0.25) is 9.59 Å². The van der Waals surface area contributed by atoms with E-state index in [1.165, 1.54) is 29.9 Å². The number of hydrogen-bond donors (Lipinski definition) is 1. The Morgan fingerprint density at radius 2 is 1.85 bits per heavy atom.